The molecular formula is C19H20ClFN2O5. The Morgan fingerprint density at radius 2 is 1.71 bits per heavy atom. The van der Waals surface area contributed by atoms with Crippen LogP contribution in [0.15, 0.2) is 42.5 Å². The van der Waals surface area contributed by atoms with E-state index < -0.39 is 17.8 Å². The van der Waals surface area contributed by atoms with Gasteiger partial charge in [0.1, 0.15) is 5.82 Å². The summed E-state index contributed by atoms with van der Waals surface area (Å²) in [6.07, 6.45) is 0. The minimum absolute atomic E-state index is 0.138. The highest BCUT2D eigenvalue weighted by Crippen LogP contribution is 2.18. The number of halogens is 2. The van der Waals surface area contributed by atoms with Crippen molar-refractivity contribution in [2.24, 2.45) is 0 Å². The fourth-order valence-corrected chi connectivity index (χ4v) is 2.32. The number of amides is 1. The van der Waals surface area contributed by atoms with Gasteiger partial charge in [0.25, 0.3) is 0 Å². The average Bonchev–Trinajstić information content (AvgIpc) is 2.60. The number of carboxylic acids is 2. The Hall–Kier alpha value is -2.97. The van der Waals surface area contributed by atoms with E-state index in [0.29, 0.717) is 11.6 Å². The normalized spacial score (nSPS) is 10.0. The summed E-state index contributed by atoms with van der Waals surface area (Å²) in [5.74, 6) is -4.45. The highest BCUT2D eigenvalue weighted by atomic mass is 35.5. The highest BCUT2D eigenvalue weighted by molar-refractivity contribution is 6.30. The Kier molecular flexibility index (Phi) is 9.07. The van der Waals surface area contributed by atoms with E-state index in [1.54, 1.807) is 0 Å². The van der Waals surface area contributed by atoms with E-state index in [1.165, 1.54) is 23.8 Å². The second-order valence-corrected chi connectivity index (χ2v) is 6.32. The highest BCUT2D eigenvalue weighted by Gasteiger charge is 2.11. The Balaban J connectivity index is 0.000000568. The van der Waals surface area contributed by atoms with E-state index in [0.717, 1.165) is 5.56 Å². The standard InChI is InChI=1S/C17H18ClFN2O.C2H2O4/c1-12-5-3-4-6-13(12)10-21(2)11-17(22)20-16-8-7-14(18)9-15(16)19;3-1(4)2(5)6/h3-9H,10-11H2,1-2H3,(H,20,22);(H,3,4)(H,5,6). The summed E-state index contributed by atoms with van der Waals surface area (Å²) in [7, 11) is 1.85. The second kappa shape index (κ2) is 11.0. The molecule has 28 heavy (non-hydrogen) atoms. The summed E-state index contributed by atoms with van der Waals surface area (Å²) < 4.78 is 13.6. The van der Waals surface area contributed by atoms with Crippen molar-refractivity contribution in [2.45, 2.75) is 13.5 Å². The van der Waals surface area contributed by atoms with Gasteiger partial charge in [-0.25, -0.2) is 14.0 Å². The Bertz CT molecular complexity index is 848. The van der Waals surface area contributed by atoms with Crippen LogP contribution in [0.3, 0.4) is 0 Å². The number of benzene rings is 2. The molecule has 0 heterocycles. The SMILES string of the molecule is Cc1ccccc1CN(C)CC(=O)Nc1ccc(Cl)cc1F.O=C(O)C(=O)O. The van der Waals surface area contributed by atoms with Crippen molar-refractivity contribution in [3.8, 4) is 0 Å². The van der Waals surface area contributed by atoms with E-state index in [-0.39, 0.29) is 18.1 Å². The number of nitrogens with zero attached hydrogens (tertiary/aromatic N) is 1. The minimum Gasteiger partial charge on any atom is -0.473 e. The van der Waals surface area contributed by atoms with Gasteiger partial charge < -0.3 is 15.5 Å². The quantitative estimate of drug-likeness (QED) is 0.654. The molecule has 0 radical (unpaired) electrons. The summed E-state index contributed by atoms with van der Waals surface area (Å²) in [6, 6.07) is 12.2. The number of anilines is 1. The second-order valence-electron chi connectivity index (χ2n) is 5.88. The number of aliphatic carboxylic acids is 2. The minimum atomic E-state index is -1.82. The number of aryl methyl sites for hydroxylation is 1. The van der Waals surface area contributed by atoms with Crippen LogP contribution in [0, 0.1) is 12.7 Å². The molecule has 0 aliphatic carbocycles. The van der Waals surface area contributed by atoms with Crippen molar-refractivity contribution in [1.29, 1.82) is 0 Å². The van der Waals surface area contributed by atoms with Crippen molar-refractivity contribution >= 4 is 35.1 Å². The van der Waals surface area contributed by atoms with E-state index in [9.17, 15) is 9.18 Å². The first kappa shape index (κ1) is 23.1. The topological polar surface area (TPSA) is 107 Å². The number of likely N-dealkylation sites (N-methyl/N-ethyl adjacent to an activating group) is 1. The zero-order valence-electron chi connectivity index (χ0n) is 15.3. The van der Waals surface area contributed by atoms with E-state index in [4.69, 9.17) is 31.4 Å². The summed E-state index contributed by atoms with van der Waals surface area (Å²) in [5, 5.41) is 17.6. The molecule has 7 nitrogen and oxygen atoms in total. The van der Waals surface area contributed by atoms with Gasteiger partial charge in [-0.1, -0.05) is 35.9 Å². The van der Waals surface area contributed by atoms with Gasteiger partial charge in [-0.15, -0.1) is 0 Å². The predicted molar refractivity (Wildman–Crippen MR) is 103 cm³/mol. The van der Waals surface area contributed by atoms with Crippen molar-refractivity contribution in [3.05, 3.63) is 64.4 Å². The molecule has 0 aliphatic rings. The van der Waals surface area contributed by atoms with E-state index in [2.05, 4.69) is 5.32 Å². The molecule has 150 valence electrons. The first-order chi connectivity index (χ1) is 13.1. The van der Waals surface area contributed by atoms with E-state index >= 15 is 0 Å². The van der Waals surface area contributed by atoms with Gasteiger partial charge >= 0.3 is 11.9 Å². The molecule has 0 unspecified atom stereocenters. The third-order valence-electron chi connectivity index (χ3n) is 3.50. The van der Waals surface area contributed by atoms with Gasteiger partial charge in [-0.2, -0.15) is 0 Å². The number of hydrogen-bond donors (Lipinski definition) is 3. The maximum atomic E-state index is 13.6. The molecule has 2 aromatic carbocycles. The first-order valence-electron chi connectivity index (χ1n) is 8.04. The Labute approximate surface area is 166 Å². The molecule has 0 aromatic heterocycles. The molecule has 0 aliphatic heterocycles. The first-order valence-corrected chi connectivity index (χ1v) is 8.42. The lowest BCUT2D eigenvalue weighted by Crippen LogP contribution is -2.30. The van der Waals surface area contributed by atoms with E-state index in [1.807, 2.05) is 43.1 Å². The van der Waals surface area contributed by atoms with Gasteiger partial charge in [-0.3, -0.25) is 9.69 Å². The average molecular weight is 411 g/mol. The number of rotatable bonds is 5. The predicted octanol–water partition coefficient (Wildman–Crippen LogP) is 3.01. The van der Waals surface area contributed by atoms with Gasteiger partial charge in [0, 0.05) is 11.6 Å². The third-order valence-corrected chi connectivity index (χ3v) is 3.74. The van der Waals surface area contributed by atoms with Crippen LogP contribution in [0.5, 0.6) is 0 Å². The fourth-order valence-electron chi connectivity index (χ4n) is 2.16. The molecule has 0 fully saturated rings. The van der Waals surface area contributed by atoms with Crippen LogP contribution in [0.4, 0.5) is 10.1 Å². The van der Waals surface area contributed by atoms with Crippen molar-refractivity contribution in [2.75, 3.05) is 18.9 Å². The lowest BCUT2D eigenvalue weighted by atomic mass is 10.1. The molecule has 3 N–H and O–H groups in total. The smallest absolute Gasteiger partial charge is 0.414 e. The molecular weight excluding hydrogens is 391 g/mol. The Morgan fingerprint density at radius 1 is 1.11 bits per heavy atom. The van der Waals surface area contributed by atoms with Crippen LogP contribution in [-0.2, 0) is 20.9 Å². The van der Waals surface area contributed by atoms with Gasteiger partial charge in [0.2, 0.25) is 5.91 Å². The molecule has 2 aromatic rings. The number of carboxylic acid groups (broad SMARTS) is 2. The zero-order chi connectivity index (χ0) is 21.3. The zero-order valence-corrected chi connectivity index (χ0v) is 16.0. The lowest BCUT2D eigenvalue weighted by molar-refractivity contribution is -0.159. The molecule has 0 atom stereocenters. The fraction of sp³-hybridized carbons (Fsp3) is 0.211. The Morgan fingerprint density at radius 3 is 2.25 bits per heavy atom. The molecule has 9 heteroatoms. The van der Waals surface area contributed by atoms with Crippen molar-refractivity contribution in [1.82, 2.24) is 4.90 Å². The summed E-state index contributed by atoms with van der Waals surface area (Å²) in [4.78, 5) is 32.1. The molecule has 0 saturated heterocycles. The molecule has 0 saturated carbocycles. The van der Waals surface area contributed by atoms with Gasteiger partial charge in [0.05, 0.1) is 12.2 Å². The molecule has 2 rings (SSSR count). The number of hydrogen-bond acceptors (Lipinski definition) is 4. The molecule has 1 amide bonds. The monoisotopic (exact) mass is 410 g/mol. The van der Waals surface area contributed by atoms with Gasteiger partial charge in [0.15, 0.2) is 0 Å². The number of nitrogens with one attached hydrogen (secondary N) is 1. The largest absolute Gasteiger partial charge is 0.473 e. The summed E-state index contributed by atoms with van der Waals surface area (Å²) in [5.41, 5.74) is 2.48. The van der Waals surface area contributed by atoms with Crippen LogP contribution >= 0.6 is 11.6 Å². The maximum Gasteiger partial charge on any atom is 0.414 e. The number of carbonyl (C=O) groups excluding carboxylic acids is 1. The van der Waals surface area contributed by atoms with Gasteiger partial charge in [-0.05, 0) is 43.3 Å². The van der Waals surface area contributed by atoms with Crippen LogP contribution in [-0.4, -0.2) is 46.6 Å². The summed E-state index contributed by atoms with van der Waals surface area (Å²) in [6.45, 7) is 2.87. The lowest BCUT2D eigenvalue weighted by Gasteiger charge is -2.17. The van der Waals surface area contributed by atoms with Crippen LogP contribution < -0.4 is 5.32 Å². The van der Waals surface area contributed by atoms with Crippen molar-refractivity contribution < 1.29 is 29.0 Å². The molecule has 0 bridgehead atoms. The van der Waals surface area contributed by atoms with Crippen LogP contribution in [0.1, 0.15) is 11.1 Å². The summed E-state index contributed by atoms with van der Waals surface area (Å²) >= 11 is 5.68. The maximum absolute atomic E-state index is 13.6. The van der Waals surface area contributed by atoms with Crippen LogP contribution in [0.2, 0.25) is 5.02 Å². The molecule has 0 spiro atoms. The third kappa shape index (κ3) is 8.15. The van der Waals surface area contributed by atoms with Crippen LogP contribution in [0.25, 0.3) is 0 Å². The number of carbonyl (C=O) groups is 3. The van der Waals surface area contributed by atoms with Crippen molar-refractivity contribution in [3.63, 3.8) is 0 Å².